The Hall–Kier alpha value is -0.240. The van der Waals surface area contributed by atoms with Crippen molar-refractivity contribution in [1.29, 1.82) is 0 Å². The Labute approximate surface area is 126 Å². The second-order valence-corrected chi connectivity index (χ2v) is 6.07. The van der Waals surface area contributed by atoms with Gasteiger partial charge in [0.1, 0.15) is 24.4 Å². The summed E-state index contributed by atoms with van der Waals surface area (Å²) >= 11 is 0. The Morgan fingerprint density at radius 1 is 1.10 bits per heavy atom. The fraction of sp³-hybridized carbons (Fsp3) is 1.00. The van der Waals surface area contributed by atoms with Crippen LogP contribution in [0, 0.1) is 0 Å². The zero-order chi connectivity index (χ0) is 14.9. The van der Waals surface area contributed by atoms with Gasteiger partial charge >= 0.3 is 0 Å². The Balaban J connectivity index is 1.69. The number of hydrogen-bond acceptors (Lipinski definition) is 6. The molecule has 0 radical (unpaired) electrons. The summed E-state index contributed by atoms with van der Waals surface area (Å²) in [5.74, 6) is -0.459. The minimum absolute atomic E-state index is 0.187. The summed E-state index contributed by atoms with van der Waals surface area (Å²) in [6, 6.07) is 0. The first-order chi connectivity index (χ1) is 10.2. The van der Waals surface area contributed by atoms with Crippen molar-refractivity contribution in [3.05, 3.63) is 0 Å². The monoisotopic (exact) mass is 302 g/mol. The van der Waals surface area contributed by atoms with Crippen LogP contribution in [0.1, 0.15) is 32.1 Å². The van der Waals surface area contributed by atoms with Gasteiger partial charge in [-0.2, -0.15) is 0 Å². The lowest BCUT2D eigenvalue weighted by Crippen LogP contribution is -2.45. The van der Waals surface area contributed by atoms with Crippen molar-refractivity contribution in [2.24, 2.45) is 0 Å². The number of hydrogen-bond donors (Lipinski definition) is 0. The minimum atomic E-state index is -0.459. The van der Waals surface area contributed by atoms with Gasteiger partial charge in [-0.1, -0.05) is 6.42 Å². The molecule has 0 aromatic carbocycles. The van der Waals surface area contributed by atoms with Crippen LogP contribution in [0.4, 0.5) is 0 Å². The van der Waals surface area contributed by atoms with E-state index in [-0.39, 0.29) is 30.7 Å². The fourth-order valence-electron chi connectivity index (χ4n) is 3.71. The van der Waals surface area contributed by atoms with Crippen molar-refractivity contribution in [3.8, 4) is 0 Å². The molecule has 122 valence electrons. The SMILES string of the molecule is COCC(OC)[C@H]1O[C@@H]2OC3(CCCCC3)O[C@@H]2[C@H]1OC. The molecule has 5 atom stereocenters. The zero-order valence-corrected chi connectivity index (χ0v) is 13.1. The molecule has 1 unspecified atom stereocenters. The van der Waals surface area contributed by atoms with Gasteiger partial charge in [0.25, 0.3) is 0 Å². The van der Waals surface area contributed by atoms with Crippen LogP contribution in [0.2, 0.25) is 0 Å². The molecular weight excluding hydrogens is 276 g/mol. The summed E-state index contributed by atoms with van der Waals surface area (Å²) in [6.45, 7) is 0.450. The molecule has 0 aromatic rings. The summed E-state index contributed by atoms with van der Waals surface area (Å²) in [4.78, 5) is 0. The van der Waals surface area contributed by atoms with Crippen LogP contribution in [-0.4, -0.2) is 64.4 Å². The van der Waals surface area contributed by atoms with Gasteiger partial charge in [-0.05, 0) is 12.8 Å². The number of rotatable bonds is 5. The van der Waals surface area contributed by atoms with Crippen molar-refractivity contribution in [3.63, 3.8) is 0 Å². The largest absolute Gasteiger partial charge is 0.382 e. The van der Waals surface area contributed by atoms with Crippen LogP contribution >= 0.6 is 0 Å². The number of methoxy groups -OCH3 is 3. The molecule has 2 saturated heterocycles. The highest BCUT2D eigenvalue weighted by molar-refractivity contribution is 4.99. The Morgan fingerprint density at radius 2 is 1.86 bits per heavy atom. The van der Waals surface area contributed by atoms with E-state index >= 15 is 0 Å². The highest BCUT2D eigenvalue weighted by atomic mass is 16.8. The molecule has 2 heterocycles. The van der Waals surface area contributed by atoms with Gasteiger partial charge in [-0.25, -0.2) is 0 Å². The lowest BCUT2D eigenvalue weighted by atomic mass is 9.94. The summed E-state index contributed by atoms with van der Waals surface area (Å²) in [7, 11) is 4.98. The summed E-state index contributed by atoms with van der Waals surface area (Å²) in [5.41, 5.74) is 0. The normalized spacial score (nSPS) is 39.6. The molecule has 6 heteroatoms. The molecular formula is C15H26O6. The topological polar surface area (TPSA) is 55.4 Å². The van der Waals surface area contributed by atoms with Crippen molar-refractivity contribution >= 4 is 0 Å². The smallest absolute Gasteiger partial charge is 0.190 e. The van der Waals surface area contributed by atoms with Gasteiger partial charge in [0.15, 0.2) is 12.1 Å². The van der Waals surface area contributed by atoms with Crippen molar-refractivity contribution in [2.45, 2.75) is 68.6 Å². The third-order valence-electron chi connectivity index (χ3n) is 4.78. The van der Waals surface area contributed by atoms with Crippen LogP contribution in [0.15, 0.2) is 0 Å². The van der Waals surface area contributed by atoms with Crippen LogP contribution in [0.3, 0.4) is 0 Å². The van der Waals surface area contributed by atoms with Gasteiger partial charge in [-0.15, -0.1) is 0 Å². The predicted octanol–water partition coefficient (Wildman–Crippen LogP) is 1.46. The van der Waals surface area contributed by atoms with Crippen molar-refractivity contribution in [1.82, 2.24) is 0 Å². The van der Waals surface area contributed by atoms with Gasteiger partial charge < -0.3 is 28.4 Å². The van der Waals surface area contributed by atoms with E-state index < -0.39 is 5.79 Å². The van der Waals surface area contributed by atoms with E-state index in [2.05, 4.69) is 0 Å². The molecule has 0 aromatic heterocycles. The van der Waals surface area contributed by atoms with E-state index in [1.165, 1.54) is 6.42 Å². The molecule has 21 heavy (non-hydrogen) atoms. The molecule has 1 aliphatic carbocycles. The average Bonchev–Trinajstić information content (AvgIpc) is 2.99. The second-order valence-electron chi connectivity index (χ2n) is 6.07. The maximum Gasteiger partial charge on any atom is 0.190 e. The van der Waals surface area contributed by atoms with Gasteiger partial charge in [0, 0.05) is 34.2 Å². The van der Waals surface area contributed by atoms with E-state index in [1.54, 1.807) is 21.3 Å². The van der Waals surface area contributed by atoms with Gasteiger partial charge in [-0.3, -0.25) is 0 Å². The summed E-state index contributed by atoms with van der Waals surface area (Å²) in [6.07, 6.45) is 4.23. The molecule has 6 nitrogen and oxygen atoms in total. The highest BCUT2D eigenvalue weighted by Gasteiger charge is 2.59. The molecule has 0 bridgehead atoms. The van der Waals surface area contributed by atoms with E-state index in [4.69, 9.17) is 28.4 Å². The molecule has 1 saturated carbocycles. The first-order valence-corrected chi connectivity index (χ1v) is 7.78. The van der Waals surface area contributed by atoms with Gasteiger partial charge in [0.05, 0.1) is 6.61 Å². The molecule has 3 aliphatic rings. The van der Waals surface area contributed by atoms with Crippen LogP contribution in [-0.2, 0) is 28.4 Å². The Bertz CT molecular complexity index is 343. The maximum atomic E-state index is 6.25. The lowest BCUT2D eigenvalue weighted by molar-refractivity contribution is -0.257. The zero-order valence-electron chi connectivity index (χ0n) is 13.1. The summed E-state index contributed by atoms with van der Waals surface area (Å²) in [5, 5.41) is 0. The third-order valence-corrected chi connectivity index (χ3v) is 4.78. The fourth-order valence-corrected chi connectivity index (χ4v) is 3.71. The first-order valence-electron chi connectivity index (χ1n) is 7.78. The quantitative estimate of drug-likeness (QED) is 0.766. The standard InChI is InChI=1S/C15H26O6/c1-16-9-10(17-2)11-12(18-3)13-14(19-11)21-15(20-13)7-5-4-6-8-15/h10-14H,4-9H2,1-3H3/t10?,11-,12+,13-,14-/m1/s1. The molecule has 0 amide bonds. The van der Waals surface area contributed by atoms with Crippen LogP contribution in [0.5, 0.6) is 0 Å². The van der Waals surface area contributed by atoms with Crippen molar-refractivity contribution < 1.29 is 28.4 Å². The predicted molar refractivity (Wildman–Crippen MR) is 73.9 cm³/mol. The second kappa shape index (κ2) is 6.48. The first kappa shape index (κ1) is 15.6. The third kappa shape index (κ3) is 2.85. The van der Waals surface area contributed by atoms with Gasteiger partial charge in [0.2, 0.25) is 0 Å². The Kier molecular flexibility index (Phi) is 4.83. The molecule has 2 aliphatic heterocycles. The van der Waals surface area contributed by atoms with E-state index in [1.807, 2.05) is 0 Å². The molecule has 3 rings (SSSR count). The highest BCUT2D eigenvalue weighted by Crippen LogP contribution is 2.46. The summed E-state index contributed by atoms with van der Waals surface area (Å²) < 4.78 is 34.7. The average molecular weight is 302 g/mol. The Morgan fingerprint density at radius 3 is 2.48 bits per heavy atom. The van der Waals surface area contributed by atoms with E-state index in [0.717, 1.165) is 25.7 Å². The van der Waals surface area contributed by atoms with E-state index in [9.17, 15) is 0 Å². The molecule has 3 fully saturated rings. The minimum Gasteiger partial charge on any atom is -0.382 e. The van der Waals surface area contributed by atoms with Crippen LogP contribution in [0.25, 0.3) is 0 Å². The maximum absolute atomic E-state index is 6.25. The number of ether oxygens (including phenoxy) is 6. The molecule has 1 spiro atoms. The molecule has 0 N–H and O–H groups in total. The number of fused-ring (bicyclic) bond motifs is 1. The van der Waals surface area contributed by atoms with Crippen molar-refractivity contribution in [2.75, 3.05) is 27.9 Å². The van der Waals surface area contributed by atoms with E-state index in [0.29, 0.717) is 6.61 Å². The lowest BCUT2D eigenvalue weighted by Gasteiger charge is -2.34. The van der Waals surface area contributed by atoms with Crippen LogP contribution < -0.4 is 0 Å².